The Balaban J connectivity index is 1.91. The molecule has 7 nitrogen and oxygen atoms in total. The minimum Gasteiger partial charge on any atom is -0.493 e. The van der Waals surface area contributed by atoms with Gasteiger partial charge in [-0.2, -0.15) is 0 Å². The quantitative estimate of drug-likeness (QED) is 0.705. The fourth-order valence-electron chi connectivity index (χ4n) is 2.54. The lowest BCUT2D eigenvalue weighted by Crippen LogP contribution is -2.39. The number of methoxy groups -OCH3 is 1. The van der Waals surface area contributed by atoms with Crippen molar-refractivity contribution in [1.82, 2.24) is 5.32 Å². The summed E-state index contributed by atoms with van der Waals surface area (Å²) in [6.07, 6.45) is 1.14. The second-order valence-electron chi connectivity index (χ2n) is 5.91. The molecule has 1 N–H and O–H groups in total. The maximum Gasteiger partial charge on any atom is 0.258 e. The number of nitrogens with one attached hydrogen (secondary N) is 1. The number of sulfonamides is 1. The number of amides is 1. The second kappa shape index (κ2) is 9.27. The fourth-order valence-corrected chi connectivity index (χ4v) is 3.52. The summed E-state index contributed by atoms with van der Waals surface area (Å²) in [5.41, 5.74) is 1.44. The Hall–Kier alpha value is -2.74. The molecule has 0 unspecified atom stereocenters. The first-order valence-electron chi connectivity index (χ1n) is 8.39. The number of carbonyl (C=O) groups excluding carboxylic acids is 1. The van der Waals surface area contributed by atoms with Gasteiger partial charge in [-0.15, -0.1) is 0 Å². The molecule has 0 heterocycles. The molecule has 0 spiro atoms. The van der Waals surface area contributed by atoms with Gasteiger partial charge in [0.05, 0.1) is 25.6 Å². The van der Waals surface area contributed by atoms with Gasteiger partial charge < -0.3 is 14.8 Å². The van der Waals surface area contributed by atoms with Gasteiger partial charge in [-0.25, -0.2) is 8.42 Å². The lowest BCUT2D eigenvalue weighted by atomic mass is 10.2. The summed E-state index contributed by atoms with van der Waals surface area (Å²) in [4.78, 5) is 12.0. The van der Waals surface area contributed by atoms with Gasteiger partial charge in [0.2, 0.25) is 10.0 Å². The third-order valence-electron chi connectivity index (χ3n) is 3.85. The van der Waals surface area contributed by atoms with Gasteiger partial charge in [0.15, 0.2) is 18.1 Å². The van der Waals surface area contributed by atoms with Gasteiger partial charge in [0, 0.05) is 6.54 Å². The second-order valence-corrected chi connectivity index (χ2v) is 7.82. The fraction of sp³-hybridized carbons (Fsp3) is 0.316. The van der Waals surface area contributed by atoms with Crippen molar-refractivity contribution in [2.45, 2.75) is 6.92 Å². The van der Waals surface area contributed by atoms with Crippen LogP contribution >= 0.6 is 0 Å². The molecule has 0 aliphatic carbocycles. The first-order valence-corrected chi connectivity index (χ1v) is 10.2. The Morgan fingerprint density at radius 2 is 1.70 bits per heavy atom. The third-order valence-corrected chi connectivity index (χ3v) is 5.03. The van der Waals surface area contributed by atoms with Crippen molar-refractivity contribution < 1.29 is 22.7 Å². The van der Waals surface area contributed by atoms with E-state index in [0.29, 0.717) is 17.2 Å². The topological polar surface area (TPSA) is 84.9 Å². The van der Waals surface area contributed by atoms with Crippen molar-refractivity contribution in [3.05, 3.63) is 54.1 Å². The average molecular weight is 392 g/mol. The van der Waals surface area contributed by atoms with E-state index < -0.39 is 10.0 Å². The first-order chi connectivity index (χ1) is 12.8. The summed E-state index contributed by atoms with van der Waals surface area (Å²) in [6.45, 7) is 1.94. The van der Waals surface area contributed by atoms with Gasteiger partial charge in [0.25, 0.3) is 5.91 Å². The van der Waals surface area contributed by atoms with Gasteiger partial charge >= 0.3 is 0 Å². The molecule has 2 aromatic carbocycles. The molecule has 2 rings (SSSR count). The predicted octanol–water partition coefficient (Wildman–Crippen LogP) is 1.96. The van der Waals surface area contributed by atoms with Crippen LogP contribution < -0.4 is 19.1 Å². The Labute approximate surface area is 160 Å². The summed E-state index contributed by atoms with van der Waals surface area (Å²) in [7, 11) is -1.95. The van der Waals surface area contributed by atoms with E-state index in [1.807, 2.05) is 19.1 Å². The number of carbonyl (C=O) groups is 1. The lowest BCUT2D eigenvalue weighted by molar-refractivity contribution is -0.123. The highest BCUT2D eigenvalue weighted by Gasteiger charge is 2.19. The number of ether oxygens (including phenoxy) is 2. The smallest absolute Gasteiger partial charge is 0.258 e. The van der Waals surface area contributed by atoms with Crippen LogP contribution in [0.4, 0.5) is 5.69 Å². The maximum absolute atomic E-state index is 12.1. The monoisotopic (exact) mass is 392 g/mol. The standard InChI is InChI=1S/C19H24N2O5S/c1-15-8-4-5-9-16(15)21(27(3,23)24)13-12-20-19(22)14-26-18-11-7-6-10-17(18)25-2/h4-11H,12-14H2,1-3H3,(H,20,22). The molecule has 0 saturated heterocycles. The first kappa shape index (κ1) is 20.6. The van der Waals surface area contributed by atoms with E-state index in [1.165, 1.54) is 11.4 Å². The normalized spacial score (nSPS) is 10.9. The summed E-state index contributed by atoms with van der Waals surface area (Å²) in [6, 6.07) is 14.2. The molecular formula is C19H24N2O5S. The minimum absolute atomic E-state index is 0.129. The number of anilines is 1. The van der Waals surface area contributed by atoms with Gasteiger partial charge in [0.1, 0.15) is 0 Å². The zero-order valence-corrected chi connectivity index (χ0v) is 16.5. The molecule has 1 amide bonds. The minimum atomic E-state index is -3.47. The molecule has 0 saturated carbocycles. The van der Waals surface area contributed by atoms with E-state index >= 15 is 0 Å². The van der Waals surface area contributed by atoms with Crippen molar-refractivity contribution in [2.75, 3.05) is 37.4 Å². The summed E-state index contributed by atoms with van der Waals surface area (Å²) in [5, 5.41) is 2.67. The zero-order chi connectivity index (χ0) is 19.9. The Bertz CT molecular complexity index is 883. The molecular weight excluding hydrogens is 368 g/mol. The molecule has 0 aromatic heterocycles. The van der Waals surface area contributed by atoms with Crippen molar-refractivity contribution in [1.29, 1.82) is 0 Å². The Morgan fingerprint density at radius 3 is 2.33 bits per heavy atom. The molecule has 0 atom stereocenters. The van der Waals surface area contributed by atoms with E-state index in [4.69, 9.17) is 9.47 Å². The molecule has 0 aliphatic heterocycles. The number of hydrogen-bond acceptors (Lipinski definition) is 5. The summed E-state index contributed by atoms with van der Waals surface area (Å²) >= 11 is 0. The van der Waals surface area contributed by atoms with Gasteiger partial charge in [-0.05, 0) is 30.7 Å². The Kier molecular flexibility index (Phi) is 7.06. The molecule has 0 radical (unpaired) electrons. The number of para-hydroxylation sites is 3. The SMILES string of the molecule is COc1ccccc1OCC(=O)NCCN(c1ccccc1C)S(C)(=O)=O. The van der Waals surface area contributed by atoms with Crippen LogP contribution in [0.15, 0.2) is 48.5 Å². The van der Waals surface area contributed by atoms with Crippen LogP contribution in [-0.2, 0) is 14.8 Å². The Morgan fingerprint density at radius 1 is 1.07 bits per heavy atom. The average Bonchev–Trinajstić information content (AvgIpc) is 2.63. The van der Waals surface area contributed by atoms with Crippen LogP contribution in [0.25, 0.3) is 0 Å². The summed E-state index contributed by atoms with van der Waals surface area (Å²) in [5.74, 6) is 0.653. The lowest BCUT2D eigenvalue weighted by Gasteiger charge is -2.24. The van der Waals surface area contributed by atoms with E-state index in [0.717, 1.165) is 11.8 Å². The highest BCUT2D eigenvalue weighted by atomic mass is 32.2. The van der Waals surface area contributed by atoms with Crippen molar-refractivity contribution in [3.8, 4) is 11.5 Å². The van der Waals surface area contributed by atoms with Crippen LogP contribution in [0, 0.1) is 6.92 Å². The van der Waals surface area contributed by atoms with Crippen LogP contribution in [-0.4, -0.2) is 47.4 Å². The number of nitrogens with zero attached hydrogens (tertiary/aromatic N) is 1. The van der Waals surface area contributed by atoms with Gasteiger partial charge in [-0.1, -0.05) is 30.3 Å². The number of rotatable bonds is 9. The van der Waals surface area contributed by atoms with Crippen molar-refractivity contribution in [3.63, 3.8) is 0 Å². The maximum atomic E-state index is 12.1. The predicted molar refractivity (Wildman–Crippen MR) is 105 cm³/mol. The van der Waals surface area contributed by atoms with E-state index in [1.54, 1.807) is 36.4 Å². The molecule has 0 fully saturated rings. The van der Waals surface area contributed by atoms with Crippen LogP contribution in [0.2, 0.25) is 0 Å². The highest BCUT2D eigenvalue weighted by molar-refractivity contribution is 7.92. The van der Waals surface area contributed by atoms with Crippen molar-refractivity contribution >= 4 is 21.6 Å². The van der Waals surface area contributed by atoms with Gasteiger partial charge in [-0.3, -0.25) is 9.10 Å². The van der Waals surface area contributed by atoms with E-state index in [9.17, 15) is 13.2 Å². The van der Waals surface area contributed by atoms with Crippen LogP contribution in [0.5, 0.6) is 11.5 Å². The molecule has 146 valence electrons. The largest absolute Gasteiger partial charge is 0.493 e. The molecule has 27 heavy (non-hydrogen) atoms. The molecule has 8 heteroatoms. The van der Waals surface area contributed by atoms with E-state index in [-0.39, 0.29) is 25.6 Å². The summed E-state index contributed by atoms with van der Waals surface area (Å²) < 4.78 is 36.1. The van der Waals surface area contributed by atoms with Crippen LogP contribution in [0.1, 0.15) is 5.56 Å². The van der Waals surface area contributed by atoms with Crippen molar-refractivity contribution in [2.24, 2.45) is 0 Å². The van der Waals surface area contributed by atoms with E-state index in [2.05, 4.69) is 5.32 Å². The highest BCUT2D eigenvalue weighted by Crippen LogP contribution is 2.25. The number of benzene rings is 2. The molecule has 0 bridgehead atoms. The number of aryl methyl sites for hydroxylation is 1. The zero-order valence-electron chi connectivity index (χ0n) is 15.6. The number of hydrogen-bond donors (Lipinski definition) is 1. The third kappa shape index (κ3) is 5.89. The molecule has 2 aromatic rings. The molecule has 0 aliphatic rings. The van der Waals surface area contributed by atoms with Crippen LogP contribution in [0.3, 0.4) is 0 Å².